The maximum Gasteiger partial charge on any atom is 0.272 e. The molecule has 0 bridgehead atoms. The van der Waals surface area contributed by atoms with Crippen LogP contribution in [-0.4, -0.2) is 33.2 Å². The SMILES string of the molecule is Cc1nnc(NC(=O)C(C)Sc2ccc(NC(=O)C(=Cc3ccc(-c4ccc(Br)cc4)o3)NC(=O)c3ccccc3)cc2)s1. The smallest absolute Gasteiger partial charge is 0.272 e. The lowest BCUT2D eigenvalue weighted by molar-refractivity contribution is -0.115. The molecule has 222 valence electrons. The maximum atomic E-state index is 13.4. The Morgan fingerprint density at radius 1 is 0.909 bits per heavy atom. The second kappa shape index (κ2) is 14.3. The molecule has 0 aliphatic rings. The van der Waals surface area contributed by atoms with E-state index in [2.05, 4.69) is 42.1 Å². The van der Waals surface area contributed by atoms with Gasteiger partial charge in [-0.3, -0.25) is 19.7 Å². The van der Waals surface area contributed by atoms with Gasteiger partial charge in [0.1, 0.15) is 22.2 Å². The number of nitrogens with zero attached hydrogens (tertiary/aromatic N) is 2. The molecule has 44 heavy (non-hydrogen) atoms. The Bertz CT molecular complexity index is 1800. The topological polar surface area (TPSA) is 126 Å². The number of carbonyl (C=O) groups excluding carboxylic acids is 3. The van der Waals surface area contributed by atoms with Gasteiger partial charge in [-0.2, -0.15) is 0 Å². The van der Waals surface area contributed by atoms with Crippen LogP contribution in [0, 0.1) is 6.92 Å². The molecule has 0 saturated carbocycles. The molecule has 3 amide bonds. The number of rotatable bonds is 10. The summed E-state index contributed by atoms with van der Waals surface area (Å²) in [6.45, 7) is 3.62. The van der Waals surface area contributed by atoms with E-state index in [0.717, 1.165) is 19.9 Å². The van der Waals surface area contributed by atoms with E-state index in [9.17, 15) is 14.4 Å². The highest BCUT2D eigenvalue weighted by atomic mass is 79.9. The Morgan fingerprint density at radius 3 is 2.32 bits per heavy atom. The van der Waals surface area contributed by atoms with Crippen molar-refractivity contribution in [2.75, 3.05) is 10.6 Å². The van der Waals surface area contributed by atoms with Crippen molar-refractivity contribution in [1.82, 2.24) is 15.5 Å². The van der Waals surface area contributed by atoms with E-state index in [0.29, 0.717) is 27.9 Å². The number of anilines is 2. The van der Waals surface area contributed by atoms with Crippen LogP contribution < -0.4 is 16.0 Å². The molecule has 5 aromatic rings. The number of aryl methyl sites for hydroxylation is 1. The molecular weight excluding hydrogens is 662 g/mol. The monoisotopic (exact) mass is 687 g/mol. The minimum atomic E-state index is -0.531. The lowest BCUT2D eigenvalue weighted by Gasteiger charge is -2.12. The van der Waals surface area contributed by atoms with E-state index >= 15 is 0 Å². The summed E-state index contributed by atoms with van der Waals surface area (Å²) in [4.78, 5) is 39.8. The molecule has 0 radical (unpaired) electrons. The van der Waals surface area contributed by atoms with Crippen LogP contribution in [0.25, 0.3) is 17.4 Å². The molecule has 12 heteroatoms. The van der Waals surface area contributed by atoms with Crippen molar-refractivity contribution >= 4 is 73.6 Å². The van der Waals surface area contributed by atoms with Crippen LogP contribution in [0.1, 0.15) is 28.0 Å². The predicted octanol–water partition coefficient (Wildman–Crippen LogP) is 7.40. The first-order chi connectivity index (χ1) is 21.2. The molecule has 9 nitrogen and oxygen atoms in total. The van der Waals surface area contributed by atoms with Gasteiger partial charge >= 0.3 is 0 Å². The normalized spacial score (nSPS) is 11.9. The van der Waals surface area contributed by atoms with Gasteiger partial charge < -0.3 is 15.1 Å². The second-order valence-corrected chi connectivity index (χ2v) is 13.0. The third-order valence-electron chi connectivity index (χ3n) is 6.12. The summed E-state index contributed by atoms with van der Waals surface area (Å²) >= 11 is 6.11. The fraction of sp³-hybridized carbons (Fsp3) is 0.0938. The lowest BCUT2D eigenvalue weighted by Crippen LogP contribution is -2.30. The van der Waals surface area contributed by atoms with Gasteiger partial charge in [0.15, 0.2) is 0 Å². The number of amides is 3. The van der Waals surface area contributed by atoms with Gasteiger partial charge in [0.05, 0.1) is 5.25 Å². The van der Waals surface area contributed by atoms with Crippen LogP contribution >= 0.6 is 39.0 Å². The number of hydrogen-bond donors (Lipinski definition) is 3. The molecule has 0 saturated heterocycles. The van der Waals surface area contributed by atoms with E-state index in [4.69, 9.17) is 4.42 Å². The minimum Gasteiger partial charge on any atom is -0.457 e. The molecule has 2 aromatic heterocycles. The number of thioether (sulfide) groups is 1. The molecule has 5 rings (SSSR count). The van der Waals surface area contributed by atoms with Gasteiger partial charge in [-0.25, -0.2) is 0 Å². The van der Waals surface area contributed by atoms with Crippen LogP contribution in [0.3, 0.4) is 0 Å². The zero-order valence-corrected chi connectivity index (χ0v) is 26.8. The summed E-state index contributed by atoms with van der Waals surface area (Å²) in [7, 11) is 0. The summed E-state index contributed by atoms with van der Waals surface area (Å²) < 4.78 is 6.92. The number of halogens is 1. The van der Waals surface area contributed by atoms with Crippen LogP contribution in [0.2, 0.25) is 0 Å². The first-order valence-corrected chi connectivity index (χ1v) is 15.9. The van der Waals surface area contributed by atoms with E-state index in [-0.39, 0.29) is 11.6 Å². The van der Waals surface area contributed by atoms with Gasteiger partial charge in [0.25, 0.3) is 11.8 Å². The average molecular weight is 689 g/mol. The van der Waals surface area contributed by atoms with Crippen molar-refractivity contribution in [1.29, 1.82) is 0 Å². The summed E-state index contributed by atoms with van der Waals surface area (Å²) in [5.74, 6) is -0.143. The fourth-order valence-electron chi connectivity index (χ4n) is 3.91. The number of benzene rings is 3. The van der Waals surface area contributed by atoms with Crippen molar-refractivity contribution in [2.45, 2.75) is 24.0 Å². The van der Waals surface area contributed by atoms with Gasteiger partial charge in [-0.05, 0) is 74.5 Å². The summed E-state index contributed by atoms with van der Waals surface area (Å²) in [5, 5.41) is 17.0. The molecule has 1 atom stereocenters. The molecule has 3 N–H and O–H groups in total. The predicted molar refractivity (Wildman–Crippen MR) is 177 cm³/mol. The van der Waals surface area contributed by atoms with Crippen molar-refractivity contribution in [3.8, 4) is 11.3 Å². The number of nitrogens with one attached hydrogen (secondary N) is 3. The van der Waals surface area contributed by atoms with Gasteiger partial charge in [-0.1, -0.05) is 57.6 Å². The van der Waals surface area contributed by atoms with Crippen LogP contribution in [0.4, 0.5) is 10.8 Å². The molecule has 0 spiro atoms. The molecule has 1 unspecified atom stereocenters. The van der Waals surface area contributed by atoms with E-state index in [1.54, 1.807) is 61.5 Å². The quantitative estimate of drug-likeness (QED) is 0.103. The van der Waals surface area contributed by atoms with E-state index in [1.165, 1.54) is 29.2 Å². The van der Waals surface area contributed by atoms with Crippen molar-refractivity contribution in [2.24, 2.45) is 0 Å². The standard InChI is InChI=1S/C32H26BrN5O4S2/c1-19(29(39)36-32-38-37-20(2)44-32)43-26-15-12-24(13-16-26)34-31(41)27(35-30(40)22-6-4-3-5-7-22)18-25-14-17-28(42-25)21-8-10-23(33)11-9-21/h3-19H,1-2H3,(H,34,41)(H,35,40)(H,36,38,39). The summed E-state index contributed by atoms with van der Waals surface area (Å²) in [5.41, 5.74) is 1.79. The Kier molecular flexibility index (Phi) is 10.1. The van der Waals surface area contributed by atoms with Crippen LogP contribution in [-0.2, 0) is 9.59 Å². The molecule has 2 heterocycles. The molecule has 3 aromatic carbocycles. The number of carbonyl (C=O) groups is 3. The number of furan rings is 1. The second-order valence-electron chi connectivity index (χ2n) is 9.44. The Hall–Kier alpha value is -4.52. The van der Waals surface area contributed by atoms with E-state index in [1.807, 2.05) is 43.3 Å². The highest BCUT2D eigenvalue weighted by Crippen LogP contribution is 2.27. The number of hydrogen-bond acceptors (Lipinski definition) is 8. The van der Waals surface area contributed by atoms with E-state index < -0.39 is 17.1 Å². The summed E-state index contributed by atoms with van der Waals surface area (Å²) in [6.07, 6.45) is 1.49. The minimum absolute atomic E-state index is 0.00576. The van der Waals surface area contributed by atoms with Gasteiger partial charge in [-0.15, -0.1) is 22.0 Å². The third kappa shape index (κ3) is 8.31. The number of aromatic nitrogens is 2. The highest BCUT2D eigenvalue weighted by molar-refractivity contribution is 9.10. The zero-order chi connectivity index (χ0) is 31.1. The largest absolute Gasteiger partial charge is 0.457 e. The van der Waals surface area contributed by atoms with Gasteiger partial charge in [0.2, 0.25) is 11.0 Å². The van der Waals surface area contributed by atoms with Gasteiger partial charge in [0, 0.05) is 32.3 Å². The molecule has 0 aliphatic carbocycles. The van der Waals surface area contributed by atoms with Crippen LogP contribution in [0.5, 0.6) is 0 Å². The zero-order valence-electron chi connectivity index (χ0n) is 23.5. The average Bonchev–Trinajstić information content (AvgIpc) is 3.67. The first kappa shape index (κ1) is 30.9. The molecular formula is C32H26BrN5O4S2. The highest BCUT2D eigenvalue weighted by Gasteiger charge is 2.18. The van der Waals surface area contributed by atoms with Crippen molar-refractivity contribution < 1.29 is 18.8 Å². The Balaban J connectivity index is 1.29. The molecule has 0 fully saturated rings. The fourth-order valence-corrected chi connectivity index (χ4v) is 5.64. The van der Waals surface area contributed by atoms with Crippen molar-refractivity contribution in [3.63, 3.8) is 0 Å². The van der Waals surface area contributed by atoms with Crippen molar-refractivity contribution in [3.05, 3.63) is 117 Å². The first-order valence-electron chi connectivity index (χ1n) is 13.4. The third-order valence-corrected chi connectivity index (χ3v) is 8.52. The summed E-state index contributed by atoms with van der Waals surface area (Å²) in [6, 6.07) is 26.9. The Morgan fingerprint density at radius 2 is 1.64 bits per heavy atom. The Labute approximate surface area is 270 Å². The van der Waals surface area contributed by atoms with Crippen LogP contribution in [0.15, 0.2) is 110 Å². The lowest BCUT2D eigenvalue weighted by atomic mass is 10.2. The maximum absolute atomic E-state index is 13.4. The molecule has 0 aliphatic heterocycles.